The minimum atomic E-state index is -0.741. The molecule has 0 fully saturated rings. The Morgan fingerprint density at radius 3 is 2.31 bits per heavy atom. The van der Waals surface area contributed by atoms with Crippen LogP contribution in [0.2, 0.25) is 5.02 Å². The summed E-state index contributed by atoms with van der Waals surface area (Å²) in [5.74, 6) is 0. The summed E-state index contributed by atoms with van der Waals surface area (Å²) < 4.78 is 0. The fourth-order valence-corrected chi connectivity index (χ4v) is 1.79. The number of aliphatic hydroxyl groups is 1. The largest absolute Gasteiger partial charge is 0.389 e. The van der Waals surface area contributed by atoms with E-state index < -0.39 is 5.60 Å². The Morgan fingerprint density at radius 1 is 1.25 bits per heavy atom. The minimum Gasteiger partial charge on any atom is -0.389 e. The van der Waals surface area contributed by atoms with Crippen LogP contribution in [-0.2, 0) is 0 Å². The highest BCUT2D eigenvalue weighted by Gasteiger charge is 2.24. The molecule has 0 radical (unpaired) electrons. The van der Waals surface area contributed by atoms with Gasteiger partial charge in [0.2, 0.25) is 0 Å². The van der Waals surface area contributed by atoms with Gasteiger partial charge < -0.3 is 10.4 Å². The molecule has 0 spiro atoms. The lowest BCUT2D eigenvalue weighted by Crippen LogP contribution is -2.45. The van der Waals surface area contributed by atoms with E-state index in [4.69, 9.17) is 11.6 Å². The second-order valence-corrected chi connectivity index (χ2v) is 5.19. The maximum absolute atomic E-state index is 9.86. The van der Waals surface area contributed by atoms with Crippen LogP contribution >= 0.6 is 11.6 Å². The molecule has 0 aliphatic carbocycles. The molecule has 1 aromatic rings. The summed E-state index contributed by atoms with van der Waals surface area (Å²) >= 11 is 6.11. The molecule has 0 bridgehead atoms. The van der Waals surface area contributed by atoms with Crippen LogP contribution in [0, 0.1) is 0 Å². The van der Waals surface area contributed by atoms with Crippen LogP contribution in [0.5, 0.6) is 0 Å². The van der Waals surface area contributed by atoms with Crippen molar-refractivity contribution in [3.8, 4) is 0 Å². The zero-order chi connectivity index (χ0) is 12.3. The van der Waals surface area contributed by atoms with Crippen LogP contribution in [0.4, 0.5) is 0 Å². The van der Waals surface area contributed by atoms with E-state index in [1.54, 1.807) is 13.8 Å². The van der Waals surface area contributed by atoms with E-state index in [1.807, 2.05) is 38.1 Å². The van der Waals surface area contributed by atoms with E-state index in [0.29, 0.717) is 0 Å². The van der Waals surface area contributed by atoms with E-state index in [9.17, 15) is 5.11 Å². The molecule has 16 heavy (non-hydrogen) atoms. The lowest BCUT2D eigenvalue weighted by Gasteiger charge is -2.30. The molecule has 1 aromatic carbocycles. The van der Waals surface area contributed by atoms with Crippen LogP contribution < -0.4 is 5.32 Å². The van der Waals surface area contributed by atoms with Crippen molar-refractivity contribution in [2.45, 2.75) is 45.4 Å². The van der Waals surface area contributed by atoms with Crippen molar-refractivity contribution in [1.82, 2.24) is 5.32 Å². The minimum absolute atomic E-state index is 0.00114. The van der Waals surface area contributed by atoms with Crippen LogP contribution in [0.25, 0.3) is 0 Å². The molecule has 0 amide bonds. The molecular weight excluding hydrogens is 222 g/mol. The van der Waals surface area contributed by atoms with Crippen LogP contribution in [0.15, 0.2) is 24.3 Å². The number of halogens is 1. The van der Waals surface area contributed by atoms with Gasteiger partial charge in [0.1, 0.15) is 0 Å². The Morgan fingerprint density at radius 2 is 1.81 bits per heavy atom. The first-order valence-electron chi connectivity index (χ1n) is 5.55. The lowest BCUT2D eigenvalue weighted by molar-refractivity contribution is 0.0405. The van der Waals surface area contributed by atoms with Gasteiger partial charge in [-0.05, 0) is 39.3 Å². The van der Waals surface area contributed by atoms with Gasteiger partial charge in [0, 0.05) is 17.1 Å². The highest BCUT2D eigenvalue weighted by atomic mass is 35.5. The van der Waals surface area contributed by atoms with Crippen molar-refractivity contribution < 1.29 is 5.11 Å². The molecule has 3 heteroatoms. The predicted octanol–water partition coefficient (Wildman–Crippen LogP) is 3.15. The van der Waals surface area contributed by atoms with Gasteiger partial charge in [-0.1, -0.05) is 29.8 Å². The zero-order valence-corrected chi connectivity index (χ0v) is 11.0. The number of hydrogen-bond acceptors (Lipinski definition) is 2. The number of nitrogens with one attached hydrogen (secondary N) is 1. The summed E-state index contributed by atoms with van der Waals surface area (Å²) in [6.45, 7) is 7.60. The van der Waals surface area contributed by atoms with Gasteiger partial charge in [0.05, 0.1) is 5.60 Å². The van der Waals surface area contributed by atoms with Crippen LogP contribution in [0.3, 0.4) is 0 Å². The van der Waals surface area contributed by atoms with E-state index in [2.05, 4.69) is 5.32 Å². The Bertz CT molecular complexity index is 346. The van der Waals surface area contributed by atoms with Gasteiger partial charge in [-0.25, -0.2) is 0 Å². The average molecular weight is 242 g/mol. The summed E-state index contributed by atoms with van der Waals surface area (Å²) in [7, 11) is 0. The standard InChI is InChI=1S/C13H20ClNO/c1-9(15-10(2)13(3,4)16)11-7-5-6-8-12(11)14/h5-10,15-16H,1-4H3/t9-,10?/m0/s1. The molecule has 0 aromatic heterocycles. The fraction of sp³-hybridized carbons (Fsp3) is 0.538. The molecule has 0 aliphatic rings. The lowest BCUT2D eigenvalue weighted by atomic mass is 9.98. The fourth-order valence-electron chi connectivity index (χ4n) is 1.49. The van der Waals surface area contributed by atoms with Gasteiger partial charge in [0.25, 0.3) is 0 Å². The first-order chi connectivity index (χ1) is 7.32. The molecule has 2 atom stereocenters. The van der Waals surface area contributed by atoms with Crippen molar-refractivity contribution >= 4 is 11.6 Å². The molecule has 0 aliphatic heterocycles. The van der Waals surface area contributed by atoms with Gasteiger partial charge in [-0.2, -0.15) is 0 Å². The van der Waals surface area contributed by atoms with Crippen molar-refractivity contribution in [1.29, 1.82) is 0 Å². The van der Waals surface area contributed by atoms with E-state index in [1.165, 1.54) is 0 Å². The summed E-state index contributed by atoms with van der Waals surface area (Å²) in [5, 5.41) is 14.0. The van der Waals surface area contributed by atoms with Gasteiger partial charge in [0.15, 0.2) is 0 Å². The van der Waals surface area contributed by atoms with E-state index in [0.717, 1.165) is 10.6 Å². The molecule has 0 heterocycles. The van der Waals surface area contributed by atoms with Crippen LogP contribution in [-0.4, -0.2) is 16.7 Å². The summed E-state index contributed by atoms with van der Waals surface area (Å²) in [5.41, 5.74) is 0.315. The Kier molecular flexibility index (Phi) is 4.36. The second-order valence-electron chi connectivity index (χ2n) is 4.79. The molecule has 1 unspecified atom stereocenters. The normalized spacial score (nSPS) is 15.9. The predicted molar refractivity (Wildman–Crippen MR) is 68.8 cm³/mol. The third kappa shape index (κ3) is 3.48. The maximum Gasteiger partial charge on any atom is 0.0741 e. The Labute approximate surface area is 103 Å². The first kappa shape index (κ1) is 13.5. The Hall–Kier alpha value is -0.570. The average Bonchev–Trinajstić information content (AvgIpc) is 2.16. The first-order valence-corrected chi connectivity index (χ1v) is 5.93. The van der Waals surface area contributed by atoms with Crippen molar-refractivity contribution in [3.63, 3.8) is 0 Å². The highest BCUT2D eigenvalue weighted by Crippen LogP contribution is 2.23. The monoisotopic (exact) mass is 241 g/mol. The molecule has 0 saturated carbocycles. The Balaban J connectivity index is 2.73. The second kappa shape index (κ2) is 5.17. The summed E-state index contributed by atoms with van der Waals surface area (Å²) in [6, 6.07) is 7.88. The molecule has 0 saturated heterocycles. The third-order valence-corrected chi connectivity index (χ3v) is 3.28. The van der Waals surface area contributed by atoms with E-state index in [-0.39, 0.29) is 12.1 Å². The topological polar surface area (TPSA) is 32.3 Å². The smallest absolute Gasteiger partial charge is 0.0741 e. The summed E-state index contributed by atoms with van der Waals surface area (Å²) in [6.07, 6.45) is 0. The molecule has 90 valence electrons. The number of benzene rings is 1. The van der Waals surface area contributed by atoms with E-state index >= 15 is 0 Å². The molecule has 2 nitrogen and oxygen atoms in total. The van der Waals surface area contributed by atoms with Crippen molar-refractivity contribution in [2.24, 2.45) is 0 Å². The summed E-state index contributed by atoms with van der Waals surface area (Å²) in [4.78, 5) is 0. The van der Waals surface area contributed by atoms with Gasteiger partial charge >= 0.3 is 0 Å². The quantitative estimate of drug-likeness (QED) is 0.849. The maximum atomic E-state index is 9.86. The number of rotatable bonds is 4. The van der Waals surface area contributed by atoms with Gasteiger partial charge in [-0.15, -0.1) is 0 Å². The SMILES string of the molecule is CC(N[C@@H](C)c1ccccc1Cl)C(C)(C)O. The third-order valence-electron chi connectivity index (χ3n) is 2.93. The van der Waals surface area contributed by atoms with Gasteiger partial charge in [-0.3, -0.25) is 0 Å². The molecular formula is C13H20ClNO. The highest BCUT2D eigenvalue weighted by molar-refractivity contribution is 6.31. The zero-order valence-electron chi connectivity index (χ0n) is 10.3. The number of hydrogen-bond donors (Lipinski definition) is 2. The van der Waals surface area contributed by atoms with Crippen LogP contribution in [0.1, 0.15) is 39.3 Å². The molecule has 2 N–H and O–H groups in total. The van der Waals surface area contributed by atoms with Crippen molar-refractivity contribution in [3.05, 3.63) is 34.9 Å². The molecule has 1 rings (SSSR count). The van der Waals surface area contributed by atoms with Crippen molar-refractivity contribution in [2.75, 3.05) is 0 Å².